The summed E-state index contributed by atoms with van der Waals surface area (Å²) in [5, 5.41) is 0. The Hall–Kier alpha value is -3.35. The second kappa shape index (κ2) is 11.0. The van der Waals surface area contributed by atoms with Crippen LogP contribution in [-0.2, 0) is 20.8 Å². The van der Waals surface area contributed by atoms with E-state index >= 15 is 0 Å². The summed E-state index contributed by atoms with van der Waals surface area (Å²) in [5.74, 6) is -1.21. The van der Waals surface area contributed by atoms with Crippen LogP contribution in [0.25, 0.3) is 0 Å². The first kappa shape index (κ1) is 22.9. The topological polar surface area (TPSA) is 82.1 Å². The third-order valence-corrected chi connectivity index (χ3v) is 4.23. The summed E-state index contributed by atoms with van der Waals surface area (Å²) in [7, 11) is 1.69. The zero-order valence-electron chi connectivity index (χ0n) is 17.7. The van der Waals surface area contributed by atoms with Crippen molar-refractivity contribution in [1.29, 1.82) is 0 Å². The van der Waals surface area contributed by atoms with Gasteiger partial charge < -0.3 is 19.1 Å². The van der Waals surface area contributed by atoms with E-state index in [9.17, 15) is 14.4 Å². The van der Waals surface area contributed by atoms with Gasteiger partial charge >= 0.3 is 11.9 Å². The normalized spacial score (nSPS) is 11.3. The van der Waals surface area contributed by atoms with Crippen LogP contribution >= 0.6 is 0 Å². The van der Waals surface area contributed by atoms with Gasteiger partial charge in [0.2, 0.25) is 0 Å². The minimum Gasteiger partial charge on any atom is -0.481 e. The molecule has 0 aliphatic heterocycles. The molecule has 30 heavy (non-hydrogen) atoms. The second-order valence-electron chi connectivity index (χ2n) is 6.63. The average molecular weight is 413 g/mol. The van der Waals surface area contributed by atoms with Crippen molar-refractivity contribution >= 4 is 17.8 Å². The van der Waals surface area contributed by atoms with Gasteiger partial charge in [0.15, 0.2) is 6.10 Å². The fourth-order valence-electron chi connectivity index (χ4n) is 2.83. The molecule has 2 aromatic carbocycles. The Morgan fingerprint density at radius 1 is 0.900 bits per heavy atom. The standard InChI is InChI=1S/C23H27NO6/c1-5-28-22(26)18-12-19(23(27)29-6-2)14-20(13-18)30-16(3)21(25)24(4)15-17-10-8-7-9-11-17/h7-14,16H,5-6,15H2,1-4H3/t16-/m0/s1. The van der Waals surface area contributed by atoms with Crippen molar-refractivity contribution in [3.8, 4) is 5.75 Å². The Kier molecular flexibility index (Phi) is 8.41. The van der Waals surface area contributed by atoms with Gasteiger partial charge in [-0.3, -0.25) is 4.79 Å². The van der Waals surface area contributed by atoms with Gasteiger partial charge in [-0.25, -0.2) is 9.59 Å². The molecular weight excluding hydrogens is 386 g/mol. The highest BCUT2D eigenvalue weighted by Crippen LogP contribution is 2.21. The predicted molar refractivity (Wildman–Crippen MR) is 111 cm³/mol. The van der Waals surface area contributed by atoms with Gasteiger partial charge in [0.1, 0.15) is 5.75 Å². The van der Waals surface area contributed by atoms with Gasteiger partial charge in [0, 0.05) is 13.6 Å². The number of hydrogen-bond donors (Lipinski definition) is 0. The molecule has 0 unspecified atom stereocenters. The average Bonchev–Trinajstić information content (AvgIpc) is 2.74. The number of carbonyl (C=O) groups excluding carboxylic acids is 3. The summed E-state index contributed by atoms with van der Waals surface area (Å²) in [6.45, 7) is 5.81. The fraction of sp³-hybridized carbons (Fsp3) is 0.348. The summed E-state index contributed by atoms with van der Waals surface area (Å²) < 4.78 is 15.8. The van der Waals surface area contributed by atoms with E-state index in [-0.39, 0.29) is 36.0 Å². The zero-order chi connectivity index (χ0) is 22.1. The number of ether oxygens (including phenoxy) is 3. The minimum atomic E-state index is -0.828. The molecule has 2 rings (SSSR count). The number of likely N-dealkylation sites (N-methyl/N-ethyl adjacent to an activating group) is 1. The van der Waals surface area contributed by atoms with E-state index in [0.717, 1.165) is 5.56 Å². The lowest BCUT2D eigenvalue weighted by Crippen LogP contribution is -2.37. The van der Waals surface area contributed by atoms with Crippen LogP contribution in [-0.4, -0.2) is 49.1 Å². The number of esters is 2. The summed E-state index contributed by atoms with van der Waals surface area (Å²) in [5.41, 5.74) is 1.29. The molecule has 0 saturated heterocycles. The Morgan fingerprint density at radius 3 is 1.93 bits per heavy atom. The van der Waals surface area contributed by atoms with Gasteiger partial charge in [0.05, 0.1) is 24.3 Å². The van der Waals surface area contributed by atoms with E-state index in [1.165, 1.54) is 18.2 Å². The summed E-state index contributed by atoms with van der Waals surface area (Å²) >= 11 is 0. The molecule has 0 fully saturated rings. The van der Waals surface area contributed by atoms with E-state index in [4.69, 9.17) is 14.2 Å². The maximum atomic E-state index is 12.7. The van der Waals surface area contributed by atoms with Crippen molar-refractivity contribution in [2.24, 2.45) is 0 Å². The smallest absolute Gasteiger partial charge is 0.338 e. The summed E-state index contributed by atoms with van der Waals surface area (Å²) in [6, 6.07) is 13.9. The largest absolute Gasteiger partial charge is 0.481 e. The molecule has 0 saturated carbocycles. The van der Waals surface area contributed by atoms with E-state index in [1.807, 2.05) is 30.3 Å². The van der Waals surface area contributed by atoms with Gasteiger partial charge in [-0.15, -0.1) is 0 Å². The highest BCUT2D eigenvalue weighted by atomic mass is 16.5. The van der Waals surface area contributed by atoms with E-state index in [0.29, 0.717) is 6.54 Å². The third kappa shape index (κ3) is 6.34. The maximum absolute atomic E-state index is 12.7. The minimum absolute atomic E-state index is 0.148. The number of benzene rings is 2. The maximum Gasteiger partial charge on any atom is 0.338 e. The quantitative estimate of drug-likeness (QED) is 0.586. The van der Waals surface area contributed by atoms with Crippen molar-refractivity contribution in [2.45, 2.75) is 33.4 Å². The lowest BCUT2D eigenvalue weighted by atomic mass is 10.1. The first-order chi connectivity index (χ1) is 14.3. The molecule has 0 N–H and O–H groups in total. The van der Waals surface area contributed by atoms with Crippen molar-refractivity contribution in [3.63, 3.8) is 0 Å². The van der Waals surface area contributed by atoms with Crippen molar-refractivity contribution < 1.29 is 28.6 Å². The molecule has 7 nitrogen and oxygen atoms in total. The first-order valence-electron chi connectivity index (χ1n) is 9.80. The molecule has 0 bridgehead atoms. The van der Waals surface area contributed by atoms with Crippen molar-refractivity contribution in [1.82, 2.24) is 4.90 Å². The third-order valence-electron chi connectivity index (χ3n) is 4.23. The molecule has 160 valence electrons. The van der Waals surface area contributed by atoms with Gasteiger partial charge in [-0.2, -0.15) is 0 Å². The number of hydrogen-bond acceptors (Lipinski definition) is 6. The Labute approximate surface area is 176 Å². The molecule has 0 aromatic heterocycles. The first-order valence-corrected chi connectivity index (χ1v) is 9.80. The second-order valence-corrected chi connectivity index (χ2v) is 6.63. The number of amides is 1. The van der Waals surface area contributed by atoms with E-state index < -0.39 is 18.0 Å². The van der Waals surface area contributed by atoms with Crippen LogP contribution in [0.2, 0.25) is 0 Å². The van der Waals surface area contributed by atoms with Crippen LogP contribution in [0.4, 0.5) is 0 Å². The lowest BCUT2D eigenvalue weighted by Gasteiger charge is -2.22. The Morgan fingerprint density at radius 2 is 1.43 bits per heavy atom. The van der Waals surface area contributed by atoms with Gasteiger partial charge in [0.25, 0.3) is 5.91 Å². The SMILES string of the molecule is CCOC(=O)c1cc(O[C@@H](C)C(=O)N(C)Cc2ccccc2)cc(C(=O)OCC)c1. The van der Waals surface area contributed by atoms with Crippen LogP contribution in [0.15, 0.2) is 48.5 Å². The molecule has 0 radical (unpaired) electrons. The van der Waals surface area contributed by atoms with Gasteiger partial charge in [-0.1, -0.05) is 30.3 Å². The van der Waals surface area contributed by atoms with Crippen molar-refractivity contribution in [3.05, 3.63) is 65.2 Å². The Balaban J connectivity index is 2.18. The van der Waals surface area contributed by atoms with Gasteiger partial charge in [-0.05, 0) is 44.5 Å². The molecule has 7 heteroatoms. The Bertz CT molecular complexity index is 844. The van der Waals surface area contributed by atoms with Crippen LogP contribution in [0, 0.1) is 0 Å². The number of carbonyl (C=O) groups is 3. The highest BCUT2D eigenvalue weighted by molar-refractivity contribution is 5.96. The monoisotopic (exact) mass is 413 g/mol. The number of nitrogens with zero attached hydrogens (tertiary/aromatic N) is 1. The fourth-order valence-corrected chi connectivity index (χ4v) is 2.83. The zero-order valence-corrected chi connectivity index (χ0v) is 17.7. The highest BCUT2D eigenvalue weighted by Gasteiger charge is 2.22. The molecule has 0 aliphatic carbocycles. The lowest BCUT2D eigenvalue weighted by molar-refractivity contribution is -0.137. The summed E-state index contributed by atoms with van der Waals surface area (Å²) in [4.78, 5) is 38.6. The number of rotatable bonds is 9. The molecule has 0 heterocycles. The summed E-state index contributed by atoms with van der Waals surface area (Å²) in [6.07, 6.45) is -0.828. The van der Waals surface area contributed by atoms with Crippen LogP contribution < -0.4 is 4.74 Å². The molecule has 1 atom stereocenters. The molecule has 1 amide bonds. The van der Waals surface area contributed by atoms with Crippen LogP contribution in [0.5, 0.6) is 5.75 Å². The molecule has 0 spiro atoms. The molecule has 0 aliphatic rings. The molecular formula is C23H27NO6. The van der Waals surface area contributed by atoms with E-state index in [1.54, 1.807) is 32.7 Å². The van der Waals surface area contributed by atoms with Crippen molar-refractivity contribution in [2.75, 3.05) is 20.3 Å². The molecule has 2 aromatic rings. The van der Waals surface area contributed by atoms with Crippen LogP contribution in [0.1, 0.15) is 47.1 Å². The van der Waals surface area contributed by atoms with Crippen LogP contribution in [0.3, 0.4) is 0 Å². The van der Waals surface area contributed by atoms with E-state index in [2.05, 4.69) is 0 Å². The predicted octanol–water partition coefficient (Wildman–Crippen LogP) is 3.47.